The van der Waals surface area contributed by atoms with Crippen molar-refractivity contribution in [3.05, 3.63) is 0 Å². The molecule has 2 heteroatoms. The quantitative estimate of drug-likeness (QED) is 0.740. The third-order valence-corrected chi connectivity index (χ3v) is 4.44. The van der Waals surface area contributed by atoms with Gasteiger partial charge in [-0.05, 0) is 30.7 Å². The van der Waals surface area contributed by atoms with Crippen LogP contribution in [0.1, 0.15) is 72.6 Å². The molecule has 0 aromatic heterocycles. The maximum Gasteiger partial charge on any atom is 0.0772 e. The van der Waals surface area contributed by atoms with Gasteiger partial charge in [0.15, 0.2) is 0 Å². The SMILES string of the molecule is CCCNC(CC1CCCCC1)C(OC)C(C)(C)C. The van der Waals surface area contributed by atoms with Crippen LogP contribution >= 0.6 is 0 Å². The molecule has 2 nitrogen and oxygen atoms in total. The summed E-state index contributed by atoms with van der Waals surface area (Å²) in [7, 11) is 1.87. The molecule has 1 aliphatic carbocycles. The lowest BCUT2D eigenvalue weighted by atomic mass is 9.78. The molecule has 0 aromatic rings. The van der Waals surface area contributed by atoms with E-state index < -0.39 is 0 Å². The van der Waals surface area contributed by atoms with E-state index in [0.29, 0.717) is 12.1 Å². The summed E-state index contributed by atoms with van der Waals surface area (Å²) in [6.07, 6.45) is 9.93. The van der Waals surface area contributed by atoms with Crippen molar-refractivity contribution in [3.63, 3.8) is 0 Å². The molecule has 2 unspecified atom stereocenters. The first kappa shape index (κ1) is 17.0. The molecular weight excluding hydrogens is 234 g/mol. The third-order valence-electron chi connectivity index (χ3n) is 4.44. The van der Waals surface area contributed by atoms with Gasteiger partial charge in [0.05, 0.1) is 6.10 Å². The van der Waals surface area contributed by atoms with Crippen molar-refractivity contribution in [1.29, 1.82) is 0 Å². The van der Waals surface area contributed by atoms with Gasteiger partial charge in [0, 0.05) is 13.2 Å². The lowest BCUT2D eigenvalue weighted by molar-refractivity contribution is -0.0181. The Labute approximate surface area is 120 Å². The van der Waals surface area contributed by atoms with Gasteiger partial charge in [0.2, 0.25) is 0 Å². The van der Waals surface area contributed by atoms with E-state index in [1.54, 1.807) is 0 Å². The highest BCUT2D eigenvalue weighted by molar-refractivity contribution is 4.88. The van der Waals surface area contributed by atoms with Crippen LogP contribution < -0.4 is 5.32 Å². The minimum absolute atomic E-state index is 0.203. The molecule has 114 valence electrons. The minimum Gasteiger partial charge on any atom is -0.379 e. The molecule has 0 saturated heterocycles. The summed E-state index contributed by atoms with van der Waals surface area (Å²) in [5, 5.41) is 3.75. The van der Waals surface area contributed by atoms with Crippen molar-refractivity contribution >= 4 is 0 Å². The van der Waals surface area contributed by atoms with Crippen molar-refractivity contribution in [3.8, 4) is 0 Å². The lowest BCUT2D eigenvalue weighted by Crippen LogP contribution is -2.49. The van der Waals surface area contributed by atoms with Crippen molar-refractivity contribution < 1.29 is 4.74 Å². The zero-order valence-corrected chi connectivity index (χ0v) is 13.8. The van der Waals surface area contributed by atoms with E-state index in [0.717, 1.165) is 12.5 Å². The number of nitrogens with one attached hydrogen (secondary N) is 1. The molecule has 1 aliphatic rings. The Bertz CT molecular complexity index is 228. The molecule has 2 atom stereocenters. The minimum atomic E-state index is 0.203. The Kier molecular flexibility index (Phi) is 7.38. The van der Waals surface area contributed by atoms with Gasteiger partial charge in [0.1, 0.15) is 0 Å². The van der Waals surface area contributed by atoms with Crippen LogP contribution in [0.25, 0.3) is 0 Å². The predicted molar refractivity (Wildman–Crippen MR) is 83.5 cm³/mol. The largest absolute Gasteiger partial charge is 0.379 e. The van der Waals surface area contributed by atoms with Gasteiger partial charge in [-0.25, -0.2) is 0 Å². The Morgan fingerprint density at radius 1 is 1.16 bits per heavy atom. The highest BCUT2D eigenvalue weighted by Gasteiger charge is 2.33. The van der Waals surface area contributed by atoms with Crippen LogP contribution in [0.3, 0.4) is 0 Å². The van der Waals surface area contributed by atoms with E-state index in [4.69, 9.17) is 4.74 Å². The molecule has 1 fully saturated rings. The fourth-order valence-corrected chi connectivity index (χ4v) is 3.55. The van der Waals surface area contributed by atoms with E-state index in [2.05, 4.69) is 33.0 Å². The van der Waals surface area contributed by atoms with Gasteiger partial charge in [-0.2, -0.15) is 0 Å². The van der Waals surface area contributed by atoms with Gasteiger partial charge in [0.25, 0.3) is 0 Å². The molecule has 0 aromatic carbocycles. The summed E-state index contributed by atoms with van der Waals surface area (Å²) in [6, 6.07) is 0.507. The molecule has 1 rings (SSSR count). The molecule has 0 bridgehead atoms. The maximum absolute atomic E-state index is 5.85. The summed E-state index contributed by atoms with van der Waals surface area (Å²) in [5.41, 5.74) is 0.203. The summed E-state index contributed by atoms with van der Waals surface area (Å²) >= 11 is 0. The molecule has 1 saturated carbocycles. The molecule has 0 spiro atoms. The number of hydrogen-bond acceptors (Lipinski definition) is 2. The molecular formula is C17H35NO. The fourth-order valence-electron chi connectivity index (χ4n) is 3.55. The molecule has 0 amide bonds. The second-order valence-electron chi connectivity index (χ2n) is 7.32. The summed E-state index contributed by atoms with van der Waals surface area (Å²) in [5.74, 6) is 0.906. The Morgan fingerprint density at radius 2 is 1.79 bits per heavy atom. The van der Waals surface area contributed by atoms with E-state index in [9.17, 15) is 0 Å². The standard InChI is InChI=1S/C17H35NO/c1-6-12-18-15(16(19-5)17(2,3)4)13-14-10-8-7-9-11-14/h14-16,18H,6-13H2,1-5H3. The Morgan fingerprint density at radius 3 is 2.26 bits per heavy atom. The highest BCUT2D eigenvalue weighted by atomic mass is 16.5. The first-order valence-corrected chi connectivity index (χ1v) is 8.25. The van der Waals surface area contributed by atoms with E-state index >= 15 is 0 Å². The van der Waals surface area contributed by atoms with Crippen LogP contribution in [0, 0.1) is 11.3 Å². The number of rotatable bonds is 7. The molecule has 0 radical (unpaired) electrons. The predicted octanol–water partition coefficient (Wildman–Crippen LogP) is 4.39. The number of methoxy groups -OCH3 is 1. The smallest absolute Gasteiger partial charge is 0.0772 e. The topological polar surface area (TPSA) is 21.3 Å². The maximum atomic E-state index is 5.85. The van der Waals surface area contributed by atoms with Crippen LogP contribution in [0.2, 0.25) is 0 Å². The van der Waals surface area contributed by atoms with Crippen LogP contribution in [-0.4, -0.2) is 25.8 Å². The monoisotopic (exact) mass is 269 g/mol. The average molecular weight is 269 g/mol. The van der Waals surface area contributed by atoms with Crippen molar-refractivity contribution in [2.45, 2.75) is 84.8 Å². The van der Waals surface area contributed by atoms with Gasteiger partial charge in [-0.15, -0.1) is 0 Å². The molecule has 19 heavy (non-hydrogen) atoms. The van der Waals surface area contributed by atoms with Crippen LogP contribution in [0.4, 0.5) is 0 Å². The van der Waals surface area contributed by atoms with E-state index in [-0.39, 0.29) is 5.41 Å². The molecule has 1 N–H and O–H groups in total. The zero-order chi connectivity index (χ0) is 14.3. The average Bonchev–Trinajstić information content (AvgIpc) is 2.36. The third kappa shape index (κ3) is 5.83. The van der Waals surface area contributed by atoms with E-state index in [1.807, 2.05) is 7.11 Å². The van der Waals surface area contributed by atoms with Crippen molar-refractivity contribution in [2.24, 2.45) is 11.3 Å². The van der Waals surface area contributed by atoms with Crippen LogP contribution in [0.5, 0.6) is 0 Å². The Hall–Kier alpha value is -0.0800. The number of hydrogen-bond donors (Lipinski definition) is 1. The van der Waals surface area contributed by atoms with Crippen LogP contribution in [0.15, 0.2) is 0 Å². The Balaban J connectivity index is 2.62. The van der Waals surface area contributed by atoms with Gasteiger partial charge >= 0.3 is 0 Å². The fraction of sp³-hybridized carbons (Fsp3) is 1.00. The van der Waals surface area contributed by atoms with Gasteiger partial charge in [-0.1, -0.05) is 59.8 Å². The van der Waals surface area contributed by atoms with Crippen molar-refractivity contribution in [1.82, 2.24) is 5.32 Å². The zero-order valence-electron chi connectivity index (χ0n) is 13.8. The summed E-state index contributed by atoms with van der Waals surface area (Å²) < 4.78 is 5.85. The second kappa shape index (κ2) is 8.26. The summed E-state index contributed by atoms with van der Waals surface area (Å²) in [4.78, 5) is 0. The first-order chi connectivity index (χ1) is 8.99. The van der Waals surface area contributed by atoms with Crippen LogP contribution in [-0.2, 0) is 4.74 Å². The molecule has 0 heterocycles. The summed E-state index contributed by atoms with van der Waals surface area (Å²) in [6.45, 7) is 10.2. The lowest BCUT2D eigenvalue weighted by Gasteiger charge is -2.38. The van der Waals surface area contributed by atoms with Gasteiger partial charge < -0.3 is 10.1 Å². The number of ether oxygens (including phenoxy) is 1. The highest BCUT2D eigenvalue weighted by Crippen LogP contribution is 2.32. The van der Waals surface area contributed by atoms with Crippen molar-refractivity contribution in [2.75, 3.05) is 13.7 Å². The van der Waals surface area contributed by atoms with E-state index in [1.165, 1.54) is 44.9 Å². The normalized spacial score (nSPS) is 21.3. The second-order valence-corrected chi connectivity index (χ2v) is 7.32. The van der Waals surface area contributed by atoms with Gasteiger partial charge in [-0.3, -0.25) is 0 Å². The first-order valence-electron chi connectivity index (χ1n) is 8.25. The molecule has 0 aliphatic heterocycles.